The van der Waals surface area contributed by atoms with Crippen LogP contribution in [0.25, 0.3) is 0 Å². The molecule has 0 spiro atoms. The number of benzene rings is 2. The van der Waals surface area contributed by atoms with Crippen molar-refractivity contribution >= 4 is 40.4 Å². The van der Waals surface area contributed by atoms with E-state index in [4.69, 9.17) is 4.98 Å². The van der Waals surface area contributed by atoms with E-state index in [1.807, 2.05) is 36.2 Å². The molecule has 3 aromatic rings. The highest BCUT2D eigenvalue weighted by Crippen LogP contribution is 2.38. The third kappa shape index (κ3) is 3.87. The van der Waals surface area contributed by atoms with Gasteiger partial charge in [0.25, 0.3) is 5.91 Å². The van der Waals surface area contributed by atoms with E-state index in [2.05, 4.69) is 52.3 Å². The number of anilines is 6. The number of fused-ring (bicyclic) bond motifs is 2. The number of carbonyl (C=O) groups is 1. The number of hydrogen-bond acceptors (Lipinski definition) is 7. The molecular formula is C25H29N7O. The zero-order chi connectivity index (χ0) is 23.1. The maximum atomic E-state index is 13.0. The molecule has 33 heavy (non-hydrogen) atoms. The van der Waals surface area contributed by atoms with Crippen LogP contribution < -0.4 is 20.0 Å². The topological polar surface area (TPSA) is 67.8 Å². The van der Waals surface area contributed by atoms with Gasteiger partial charge in [-0.15, -0.1) is 0 Å². The quantitative estimate of drug-likeness (QED) is 0.663. The highest BCUT2D eigenvalue weighted by Gasteiger charge is 2.28. The standard InChI is InChI=1S/C25H29N7O/c1-17-15-18(32-13-11-29(2)12-14-32)9-10-20(17)27-25-26-16-22-23(28-25)30(3)21-8-6-5-7-19(21)24(33)31(22)4/h5-10,15-16H,11-14H2,1-4H3,(H,26,27,28). The molecule has 1 fully saturated rings. The van der Waals surface area contributed by atoms with Crippen molar-refractivity contribution in [1.82, 2.24) is 14.9 Å². The Morgan fingerprint density at radius 1 is 0.909 bits per heavy atom. The smallest absolute Gasteiger partial charge is 0.260 e. The largest absolute Gasteiger partial charge is 0.369 e. The maximum absolute atomic E-state index is 13.0. The molecule has 8 nitrogen and oxygen atoms in total. The second-order valence-electron chi connectivity index (χ2n) is 8.76. The third-order valence-corrected chi connectivity index (χ3v) is 6.55. The maximum Gasteiger partial charge on any atom is 0.260 e. The first-order valence-electron chi connectivity index (χ1n) is 11.2. The van der Waals surface area contributed by atoms with E-state index in [9.17, 15) is 4.79 Å². The van der Waals surface area contributed by atoms with E-state index in [0.29, 0.717) is 23.0 Å². The molecule has 3 heterocycles. The van der Waals surface area contributed by atoms with Crippen LogP contribution in [0.5, 0.6) is 0 Å². The van der Waals surface area contributed by atoms with E-state index in [-0.39, 0.29) is 5.91 Å². The van der Waals surface area contributed by atoms with E-state index < -0.39 is 0 Å². The SMILES string of the molecule is Cc1cc(N2CCN(C)CC2)ccc1Nc1ncc2c(n1)N(C)c1ccccc1C(=O)N2C. The summed E-state index contributed by atoms with van der Waals surface area (Å²) in [5.41, 5.74) is 5.48. The lowest BCUT2D eigenvalue weighted by Crippen LogP contribution is -2.44. The van der Waals surface area contributed by atoms with Crippen LogP contribution in [0, 0.1) is 6.92 Å². The van der Waals surface area contributed by atoms with E-state index in [0.717, 1.165) is 43.1 Å². The van der Waals surface area contributed by atoms with Crippen molar-refractivity contribution in [1.29, 1.82) is 0 Å². The summed E-state index contributed by atoms with van der Waals surface area (Å²) in [4.78, 5) is 30.6. The fraction of sp³-hybridized carbons (Fsp3) is 0.320. The summed E-state index contributed by atoms with van der Waals surface area (Å²) in [6.45, 7) is 6.33. The van der Waals surface area contributed by atoms with Gasteiger partial charge in [-0.05, 0) is 49.9 Å². The first-order chi connectivity index (χ1) is 15.9. The summed E-state index contributed by atoms with van der Waals surface area (Å²) >= 11 is 0. The predicted octanol–water partition coefficient (Wildman–Crippen LogP) is 3.64. The van der Waals surface area contributed by atoms with Crippen molar-refractivity contribution in [3.05, 3.63) is 59.8 Å². The molecule has 2 aliphatic rings. The van der Waals surface area contributed by atoms with E-state index >= 15 is 0 Å². The van der Waals surface area contributed by atoms with Crippen LogP contribution >= 0.6 is 0 Å². The summed E-state index contributed by atoms with van der Waals surface area (Å²) in [6, 6.07) is 14.0. The zero-order valence-corrected chi connectivity index (χ0v) is 19.5. The summed E-state index contributed by atoms with van der Waals surface area (Å²) in [5, 5.41) is 3.37. The van der Waals surface area contributed by atoms with Gasteiger partial charge < -0.3 is 24.9 Å². The normalized spacial score (nSPS) is 16.4. The van der Waals surface area contributed by atoms with Crippen molar-refractivity contribution in [3.63, 3.8) is 0 Å². The van der Waals surface area contributed by atoms with Crippen LogP contribution in [0.15, 0.2) is 48.7 Å². The van der Waals surface area contributed by atoms with Crippen LogP contribution in [-0.4, -0.2) is 68.1 Å². The van der Waals surface area contributed by atoms with Gasteiger partial charge in [-0.3, -0.25) is 4.79 Å². The minimum atomic E-state index is -0.0733. The molecule has 1 amide bonds. The minimum Gasteiger partial charge on any atom is -0.369 e. The Morgan fingerprint density at radius 2 is 1.67 bits per heavy atom. The highest BCUT2D eigenvalue weighted by molar-refractivity contribution is 6.13. The third-order valence-electron chi connectivity index (χ3n) is 6.55. The van der Waals surface area contributed by atoms with E-state index in [1.165, 1.54) is 5.69 Å². The Kier molecular flexibility index (Phi) is 5.38. The monoisotopic (exact) mass is 443 g/mol. The Morgan fingerprint density at radius 3 is 2.42 bits per heavy atom. The van der Waals surface area contributed by atoms with Crippen LogP contribution in [-0.2, 0) is 0 Å². The van der Waals surface area contributed by atoms with Gasteiger partial charge in [0.2, 0.25) is 5.95 Å². The van der Waals surface area contributed by atoms with E-state index in [1.54, 1.807) is 18.1 Å². The van der Waals surface area contributed by atoms with Gasteiger partial charge in [-0.2, -0.15) is 4.98 Å². The van der Waals surface area contributed by atoms with Crippen LogP contribution in [0.3, 0.4) is 0 Å². The first kappa shape index (κ1) is 21.2. The molecule has 0 saturated carbocycles. The predicted molar refractivity (Wildman–Crippen MR) is 133 cm³/mol. The van der Waals surface area contributed by atoms with Crippen LogP contribution in [0.2, 0.25) is 0 Å². The lowest BCUT2D eigenvalue weighted by Gasteiger charge is -2.34. The average Bonchev–Trinajstić information content (AvgIpc) is 2.91. The molecule has 8 heteroatoms. The molecule has 0 atom stereocenters. The van der Waals surface area contributed by atoms with Crippen molar-refractivity contribution in [2.75, 3.05) is 67.3 Å². The molecule has 5 rings (SSSR count). The van der Waals surface area contributed by atoms with Crippen LogP contribution in [0.1, 0.15) is 15.9 Å². The van der Waals surface area contributed by atoms with Gasteiger partial charge in [0.1, 0.15) is 5.69 Å². The Labute approximate surface area is 194 Å². The van der Waals surface area contributed by atoms with Gasteiger partial charge in [-0.1, -0.05) is 12.1 Å². The lowest BCUT2D eigenvalue weighted by molar-refractivity contribution is 0.0994. The number of carbonyl (C=O) groups excluding carboxylic acids is 1. The first-order valence-corrected chi connectivity index (χ1v) is 11.2. The van der Waals surface area contributed by atoms with Crippen molar-refractivity contribution in [2.24, 2.45) is 0 Å². The molecule has 0 unspecified atom stereocenters. The Hall–Kier alpha value is -3.65. The number of aryl methyl sites for hydroxylation is 1. The second kappa shape index (κ2) is 8.37. The molecule has 1 N–H and O–H groups in total. The number of rotatable bonds is 3. The van der Waals surface area contributed by atoms with Crippen LogP contribution in [0.4, 0.5) is 34.5 Å². The number of piperazine rings is 1. The minimum absolute atomic E-state index is 0.0733. The number of para-hydroxylation sites is 1. The second-order valence-corrected chi connectivity index (χ2v) is 8.76. The molecule has 2 aliphatic heterocycles. The van der Waals surface area contributed by atoms with Gasteiger partial charge in [0.05, 0.1) is 17.4 Å². The molecule has 1 saturated heterocycles. The molecule has 170 valence electrons. The van der Waals surface area contributed by atoms with Crippen molar-refractivity contribution in [3.8, 4) is 0 Å². The van der Waals surface area contributed by atoms with Gasteiger partial charge in [0.15, 0.2) is 5.82 Å². The number of aromatic nitrogens is 2. The number of nitrogens with one attached hydrogen (secondary N) is 1. The summed E-state index contributed by atoms with van der Waals surface area (Å²) in [6.07, 6.45) is 1.71. The van der Waals surface area contributed by atoms with Gasteiger partial charge in [-0.25, -0.2) is 4.98 Å². The Bertz CT molecular complexity index is 1200. The summed E-state index contributed by atoms with van der Waals surface area (Å²) < 4.78 is 0. The molecule has 2 aromatic carbocycles. The fourth-order valence-corrected chi connectivity index (χ4v) is 4.43. The summed E-state index contributed by atoms with van der Waals surface area (Å²) in [5.74, 6) is 1.10. The number of hydrogen-bond donors (Lipinski definition) is 1. The number of likely N-dealkylation sites (N-methyl/N-ethyl adjacent to an activating group) is 1. The lowest BCUT2D eigenvalue weighted by atomic mass is 10.1. The van der Waals surface area contributed by atoms with Gasteiger partial charge >= 0.3 is 0 Å². The average molecular weight is 444 g/mol. The molecular weight excluding hydrogens is 414 g/mol. The molecule has 0 radical (unpaired) electrons. The highest BCUT2D eigenvalue weighted by atomic mass is 16.2. The van der Waals surface area contributed by atoms with Crippen molar-refractivity contribution in [2.45, 2.75) is 6.92 Å². The molecule has 0 aliphatic carbocycles. The zero-order valence-electron chi connectivity index (χ0n) is 19.5. The number of nitrogens with zero attached hydrogens (tertiary/aromatic N) is 6. The Balaban J connectivity index is 1.43. The summed E-state index contributed by atoms with van der Waals surface area (Å²) in [7, 11) is 5.85. The van der Waals surface area contributed by atoms with Gasteiger partial charge in [0, 0.05) is 51.6 Å². The van der Waals surface area contributed by atoms with Crippen molar-refractivity contribution < 1.29 is 4.79 Å². The number of amides is 1. The molecule has 1 aromatic heterocycles. The molecule has 0 bridgehead atoms. The fourth-order valence-electron chi connectivity index (χ4n) is 4.43.